The molecule has 1 amide bonds. The number of rotatable bonds is 7. The van der Waals surface area contributed by atoms with E-state index >= 15 is 0 Å². The third-order valence-electron chi connectivity index (χ3n) is 4.10. The van der Waals surface area contributed by atoms with Crippen molar-refractivity contribution in [1.29, 1.82) is 0 Å². The summed E-state index contributed by atoms with van der Waals surface area (Å²) in [7, 11) is -2.25. The monoisotopic (exact) mass is 376 g/mol. The predicted molar refractivity (Wildman–Crippen MR) is 102 cm³/mol. The molecule has 2 aromatic rings. The molecule has 0 spiro atoms. The highest BCUT2D eigenvalue weighted by atomic mass is 32.2. The lowest BCUT2D eigenvalue weighted by molar-refractivity contribution is 0.0939. The van der Waals surface area contributed by atoms with Gasteiger partial charge >= 0.3 is 0 Å². The number of amides is 1. The third-order valence-corrected chi connectivity index (χ3v) is 5.49. The predicted octanol–water partition coefficient (Wildman–Crippen LogP) is 3.33. The van der Waals surface area contributed by atoms with E-state index in [1.807, 2.05) is 13.8 Å². The molecule has 2 aromatic carbocycles. The first-order valence-corrected chi connectivity index (χ1v) is 9.83. The minimum absolute atomic E-state index is 0.0447. The maximum absolute atomic E-state index is 12.6. The second kappa shape index (κ2) is 8.23. The Labute approximate surface area is 154 Å². The molecular formula is C19H24N2O4S. The van der Waals surface area contributed by atoms with Crippen LogP contribution in [0.2, 0.25) is 0 Å². The minimum Gasteiger partial charge on any atom is -0.497 e. The Bertz CT molecular complexity index is 877. The average molecular weight is 376 g/mol. The molecule has 0 radical (unpaired) electrons. The molecule has 2 N–H and O–H groups in total. The van der Waals surface area contributed by atoms with Gasteiger partial charge in [-0.25, -0.2) is 8.42 Å². The van der Waals surface area contributed by atoms with Crippen molar-refractivity contribution < 1.29 is 17.9 Å². The van der Waals surface area contributed by atoms with Gasteiger partial charge in [0.1, 0.15) is 5.75 Å². The maximum Gasteiger partial charge on any atom is 0.261 e. The van der Waals surface area contributed by atoms with Crippen LogP contribution in [-0.4, -0.2) is 27.5 Å². The van der Waals surface area contributed by atoms with Crippen LogP contribution in [0.4, 0.5) is 5.69 Å². The molecule has 0 bridgehead atoms. The number of hydrogen-bond donors (Lipinski definition) is 2. The van der Waals surface area contributed by atoms with E-state index in [2.05, 4.69) is 10.0 Å². The van der Waals surface area contributed by atoms with Crippen LogP contribution in [0.15, 0.2) is 47.4 Å². The molecule has 0 unspecified atom stereocenters. The van der Waals surface area contributed by atoms with Crippen molar-refractivity contribution in [2.75, 3.05) is 11.8 Å². The SMILES string of the molecule is CC[C@@H](C)NC(=O)c1ccc(C)c(NS(=O)(=O)c2ccc(OC)cc2)c1. The smallest absolute Gasteiger partial charge is 0.261 e. The summed E-state index contributed by atoms with van der Waals surface area (Å²) in [6.45, 7) is 5.68. The van der Waals surface area contributed by atoms with E-state index in [4.69, 9.17) is 4.74 Å². The van der Waals surface area contributed by atoms with E-state index in [1.54, 1.807) is 37.3 Å². The van der Waals surface area contributed by atoms with Crippen molar-refractivity contribution in [3.8, 4) is 5.75 Å². The van der Waals surface area contributed by atoms with Crippen molar-refractivity contribution in [3.63, 3.8) is 0 Å². The first kappa shape index (κ1) is 19.8. The van der Waals surface area contributed by atoms with E-state index in [0.29, 0.717) is 17.0 Å². The molecule has 0 aromatic heterocycles. The van der Waals surface area contributed by atoms with E-state index < -0.39 is 10.0 Å². The van der Waals surface area contributed by atoms with Gasteiger partial charge in [-0.1, -0.05) is 13.0 Å². The van der Waals surface area contributed by atoms with Gasteiger partial charge in [-0.2, -0.15) is 0 Å². The zero-order chi connectivity index (χ0) is 19.3. The highest BCUT2D eigenvalue weighted by Gasteiger charge is 2.17. The molecule has 6 nitrogen and oxygen atoms in total. The van der Waals surface area contributed by atoms with Crippen LogP contribution >= 0.6 is 0 Å². The van der Waals surface area contributed by atoms with E-state index in [1.165, 1.54) is 19.2 Å². The van der Waals surface area contributed by atoms with Gasteiger partial charge in [0, 0.05) is 11.6 Å². The van der Waals surface area contributed by atoms with Crippen molar-refractivity contribution >= 4 is 21.6 Å². The number of nitrogens with one attached hydrogen (secondary N) is 2. The summed E-state index contributed by atoms with van der Waals surface area (Å²) in [6, 6.07) is 11.1. The zero-order valence-corrected chi connectivity index (χ0v) is 16.2. The largest absolute Gasteiger partial charge is 0.497 e. The lowest BCUT2D eigenvalue weighted by Crippen LogP contribution is -2.32. The van der Waals surface area contributed by atoms with Gasteiger partial charge in [0.05, 0.1) is 17.7 Å². The van der Waals surface area contributed by atoms with Crippen LogP contribution in [-0.2, 0) is 10.0 Å². The van der Waals surface area contributed by atoms with Crippen molar-refractivity contribution in [2.45, 2.75) is 38.1 Å². The summed E-state index contributed by atoms with van der Waals surface area (Å²) < 4.78 is 32.8. The van der Waals surface area contributed by atoms with E-state index in [9.17, 15) is 13.2 Å². The lowest BCUT2D eigenvalue weighted by atomic mass is 10.1. The highest BCUT2D eigenvalue weighted by Crippen LogP contribution is 2.23. The number of benzene rings is 2. The molecule has 0 saturated carbocycles. The second-order valence-corrected chi connectivity index (χ2v) is 7.78. The number of carbonyl (C=O) groups excluding carboxylic acids is 1. The van der Waals surface area contributed by atoms with Gasteiger partial charge in [-0.15, -0.1) is 0 Å². The van der Waals surface area contributed by atoms with Crippen molar-refractivity contribution in [3.05, 3.63) is 53.6 Å². The van der Waals surface area contributed by atoms with Crippen LogP contribution in [0.1, 0.15) is 36.2 Å². The van der Waals surface area contributed by atoms with Crippen molar-refractivity contribution in [1.82, 2.24) is 5.32 Å². The highest BCUT2D eigenvalue weighted by molar-refractivity contribution is 7.92. The molecule has 26 heavy (non-hydrogen) atoms. The number of aryl methyl sites for hydroxylation is 1. The van der Waals surface area contributed by atoms with Gasteiger partial charge in [0.2, 0.25) is 0 Å². The van der Waals surface area contributed by atoms with Crippen LogP contribution in [0.25, 0.3) is 0 Å². The number of methoxy groups -OCH3 is 1. The normalized spacial score (nSPS) is 12.3. The Hall–Kier alpha value is -2.54. The molecule has 2 rings (SSSR count). The topological polar surface area (TPSA) is 84.5 Å². The molecule has 0 aliphatic heterocycles. The molecule has 140 valence electrons. The Balaban J connectivity index is 2.27. The molecule has 7 heteroatoms. The number of anilines is 1. The summed E-state index contributed by atoms with van der Waals surface area (Å²) in [5.74, 6) is 0.341. The molecule has 0 saturated heterocycles. The second-order valence-electron chi connectivity index (χ2n) is 6.09. The average Bonchev–Trinajstić information content (AvgIpc) is 2.63. The molecule has 1 atom stereocenters. The fraction of sp³-hybridized carbons (Fsp3) is 0.316. The molecule has 0 fully saturated rings. The molecule has 0 aliphatic rings. The Kier molecular flexibility index (Phi) is 6.26. The number of carbonyl (C=O) groups is 1. The lowest BCUT2D eigenvalue weighted by Gasteiger charge is -2.14. The molecular weight excluding hydrogens is 352 g/mol. The Morgan fingerprint density at radius 1 is 1.15 bits per heavy atom. The molecule has 0 aliphatic carbocycles. The van der Waals surface area contributed by atoms with Gasteiger partial charge in [0.25, 0.3) is 15.9 Å². The first-order chi connectivity index (χ1) is 12.3. The van der Waals surface area contributed by atoms with Crippen LogP contribution < -0.4 is 14.8 Å². The van der Waals surface area contributed by atoms with Crippen LogP contribution in [0.5, 0.6) is 5.75 Å². The maximum atomic E-state index is 12.6. The van der Waals surface area contributed by atoms with Gasteiger partial charge in [0.15, 0.2) is 0 Å². The van der Waals surface area contributed by atoms with Gasteiger partial charge in [-0.05, 0) is 62.2 Å². The van der Waals surface area contributed by atoms with Gasteiger partial charge < -0.3 is 10.1 Å². The van der Waals surface area contributed by atoms with E-state index in [0.717, 1.165) is 12.0 Å². The van der Waals surface area contributed by atoms with Gasteiger partial charge in [-0.3, -0.25) is 9.52 Å². The summed E-state index contributed by atoms with van der Waals surface area (Å²) in [4.78, 5) is 12.4. The zero-order valence-electron chi connectivity index (χ0n) is 15.4. The summed E-state index contributed by atoms with van der Waals surface area (Å²) in [5, 5.41) is 2.87. The Morgan fingerprint density at radius 2 is 1.81 bits per heavy atom. The fourth-order valence-corrected chi connectivity index (χ4v) is 3.36. The quantitative estimate of drug-likeness (QED) is 0.776. The van der Waals surface area contributed by atoms with Crippen molar-refractivity contribution in [2.24, 2.45) is 0 Å². The summed E-state index contributed by atoms with van der Waals surface area (Å²) >= 11 is 0. The van der Waals surface area contributed by atoms with Crippen LogP contribution in [0.3, 0.4) is 0 Å². The number of sulfonamides is 1. The minimum atomic E-state index is -3.77. The first-order valence-electron chi connectivity index (χ1n) is 8.35. The fourth-order valence-electron chi connectivity index (χ4n) is 2.24. The molecule has 0 heterocycles. The Morgan fingerprint density at radius 3 is 2.38 bits per heavy atom. The standard InChI is InChI=1S/C19H24N2O4S/c1-5-14(3)20-19(22)15-7-6-13(2)18(12-15)21-26(23,24)17-10-8-16(25-4)9-11-17/h6-12,14,21H,5H2,1-4H3,(H,20,22)/t14-/m1/s1. The van der Waals surface area contributed by atoms with Crippen LogP contribution in [0, 0.1) is 6.92 Å². The number of ether oxygens (including phenoxy) is 1. The summed E-state index contributed by atoms with van der Waals surface area (Å²) in [6.07, 6.45) is 0.814. The van der Waals surface area contributed by atoms with E-state index in [-0.39, 0.29) is 16.8 Å². The number of hydrogen-bond acceptors (Lipinski definition) is 4. The summed E-state index contributed by atoms with van der Waals surface area (Å²) in [5.41, 5.74) is 1.50. The third kappa shape index (κ3) is 4.76.